The van der Waals surface area contributed by atoms with Gasteiger partial charge in [0.2, 0.25) is 5.78 Å². The summed E-state index contributed by atoms with van der Waals surface area (Å²) in [5.74, 6) is -0.293. The van der Waals surface area contributed by atoms with E-state index < -0.39 is 21.2 Å². The number of nitrogens with one attached hydrogen (secondary N) is 1. The van der Waals surface area contributed by atoms with E-state index in [1.165, 1.54) is 6.07 Å². The van der Waals surface area contributed by atoms with Crippen LogP contribution in [0.15, 0.2) is 59.7 Å². The van der Waals surface area contributed by atoms with Crippen molar-refractivity contribution in [3.05, 3.63) is 86.0 Å². The van der Waals surface area contributed by atoms with Gasteiger partial charge in [-0.05, 0) is 11.5 Å². The zero-order valence-electron chi connectivity index (χ0n) is 13.6. The Kier molecular flexibility index (Phi) is 3.62. The quantitative estimate of drug-likeness (QED) is 0.557. The number of nitrogens with zero attached hydrogens (tertiary/aromatic N) is 3. The third-order valence-electron chi connectivity index (χ3n) is 4.30. The van der Waals surface area contributed by atoms with E-state index in [2.05, 4.69) is 10.5 Å². The molecular weight excluding hydrogens is 352 g/mol. The third-order valence-corrected chi connectivity index (χ3v) is 4.30. The van der Waals surface area contributed by atoms with Crippen molar-refractivity contribution in [2.75, 3.05) is 5.43 Å². The summed E-state index contributed by atoms with van der Waals surface area (Å²) in [5, 5.41) is 27.8. The van der Waals surface area contributed by atoms with Gasteiger partial charge in [0, 0.05) is 22.6 Å². The first-order valence-corrected chi connectivity index (χ1v) is 7.80. The SMILES string of the molecule is O=C1/C(=N\Nc2ccc([N+](=O)[O-])cc2[N+](=O)[O-])c2cccc3cccc1c23. The van der Waals surface area contributed by atoms with Crippen molar-refractivity contribution >= 4 is 39.3 Å². The van der Waals surface area contributed by atoms with Gasteiger partial charge in [-0.2, -0.15) is 5.10 Å². The lowest BCUT2D eigenvalue weighted by Crippen LogP contribution is -2.11. The predicted molar refractivity (Wildman–Crippen MR) is 98.2 cm³/mol. The molecule has 0 aliphatic heterocycles. The van der Waals surface area contributed by atoms with Crippen molar-refractivity contribution < 1.29 is 14.6 Å². The number of hydrogen-bond acceptors (Lipinski definition) is 7. The molecule has 1 N–H and O–H groups in total. The summed E-state index contributed by atoms with van der Waals surface area (Å²) in [4.78, 5) is 33.2. The van der Waals surface area contributed by atoms with Crippen LogP contribution < -0.4 is 5.43 Å². The van der Waals surface area contributed by atoms with Crippen LogP contribution in [0.3, 0.4) is 0 Å². The summed E-state index contributed by atoms with van der Waals surface area (Å²) < 4.78 is 0. The number of hydrazone groups is 1. The van der Waals surface area contributed by atoms with E-state index in [-0.39, 0.29) is 17.2 Å². The Balaban J connectivity index is 1.77. The molecule has 132 valence electrons. The monoisotopic (exact) mass is 362 g/mol. The van der Waals surface area contributed by atoms with E-state index in [9.17, 15) is 25.0 Å². The molecule has 9 heteroatoms. The van der Waals surface area contributed by atoms with E-state index in [0.29, 0.717) is 11.1 Å². The Morgan fingerprint density at radius 1 is 0.889 bits per heavy atom. The highest BCUT2D eigenvalue weighted by molar-refractivity contribution is 6.59. The fourth-order valence-electron chi connectivity index (χ4n) is 3.08. The number of carbonyl (C=O) groups is 1. The topological polar surface area (TPSA) is 128 Å². The summed E-state index contributed by atoms with van der Waals surface area (Å²) in [6, 6.07) is 13.9. The molecule has 0 fully saturated rings. The van der Waals surface area contributed by atoms with Gasteiger partial charge in [0.05, 0.1) is 15.9 Å². The number of Topliss-reactive ketones (excluding diaryl/α,β-unsaturated/α-hetero) is 1. The second-order valence-corrected chi connectivity index (χ2v) is 5.83. The van der Waals surface area contributed by atoms with Gasteiger partial charge in [-0.25, -0.2) is 0 Å². The maximum Gasteiger partial charge on any atom is 0.301 e. The Labute approximate surface area is 151 Å². The highest BCUT2D eigenvalue weighted by Crippen LogP contribution is 2.32. The van der Waals surface area contributed by atoms with Crippen LogP contribution in [0.2, 0.25) is 0 Å². The summed E-state index contributed by atoms with van der Waals surface area (Å²) in [6.07, 6.45) is 0. The van der Waals surface area contributed by atoms with Crippen molar-refractivity contribution in [1.29, 1.82) is 0 Å². The highest BCUT2D eigenvalue weighted by Gasteiger charge is 2.29. The average Bonchev–Trinajstić information content (AvgIpc) is 2.93. The molecule has 0 saturated carbocycles. The molecule has 4 rings (SSSR count). The Morgan fingerprint density at radius 3 is 2.26 bits per heavy atom. The molecular formula is C18H10N4O5. The van der Waals surface area contributed by atoms with Gasteiger partial charge in [-0.3, -0.25) is 30.4 Å². The van der Waals surface area contributed by atoms with Gasteiger partial charge >= 0.3 is 5.69 Å². The third kappa shape index (κ3) is 2.58. The molecule has 0 radical (unpaired) electrons. The standard InChI is InChI=1S/C18H10N4O5/c23-18-13-6-2-4-10-3-1-5-12(16(10)13)17(18)20-19-14-8-7-11(21(24)25)9-15(14)22(26)27/h1-9,19H/b20-17-. The highest BCUT2D eigenvalue weighted by atomic mass is 16.6. The van der Waals surface area contributed by atoms with E-state index >= 15 is 0 Å². The molecule has 0 saturated heterocycles. The molecule has 0 aromatic heterocycles. The van der Waals surface area contributed by atoms with Crippen LogP contribution >= 0.6 is 0 Å². The number of nitro groups is 2. The molecule has 0 spiro atoms. The largest absolute Gasteiger partial charge is 0.301 e. The molecule has 1 aliphatic carbocycles. The van der Waals surface area contributed by atoms with E-state index in [1.54, 1.807) is 24.3 Å². The van der Waals surface area contributed by atoms with Gasteiger partial charge in [0.25, 0.3) is 5.69 Å². The van der Waals surface area contributed by atoms with Crippen LogP contribution in [-0.4, -0.2) is 21.3 Å². The summed E-state index contributed by atoms with van der Waals surface area (Å²) in [7, 11) is 0. The van der Waals surface area contributed by atoms with Crippen molar-refractivity contribution in [1.82, 2.24) is 0 Å². The van der Waals surface area contributed by atoms with Gasteiger partial charge in [0.1, 0.15) is 11.4 Å². The number of hydrogen-bond donors (Lipinski definition) is 1. The van der Waals surface area contributed by atoms with Gasteiger partial charge in [0.15, 0.2) is 0 Å². The van der Waals surface area contributed by atoms with Crippen LogP contribution in [0.1, 0.15) is 15.9 Å². The van der Waals surface area contributed by atoms with Crippen LogP contribution in [0.25, 0.3) is 10.8 Å². The van der Waals surface area contributed by atoms with Gasteiger partial charge in [-0.15, -0.1) is 0 Å². The first kappa shape index (κ1) is 16.3. The second kappa shape index (κ2) is 5.99. The lowest BCUT2D eigenvalue weighted by Gasteiger charge is -2.04. The van der Waals surface area contributed by atoms with Crippen molar-refractivity contribution in [2.24, 2.45) is 5.10 Å². The predicted octanol–water partition coefficient (Wildman–Crippen LogP) is 3.67. The average molecular weight is 362 g/mol. The van der Waals surface area contributed by atoms with Crippen molar-refractivity contribution in [3.8, 4) is 0 Å². The zero-order valence-corrected chi connectivity index (χ0v) is 13.6. The minimum Gasteiger partial charge on any atom is -0.287 e. The number of benzene rings is 3. The first-order valence-electron chi connectivity index (χ1n) is 7.80. The summed E-state index contributed by atoms with van der Waals surface area (Å²) in [6.45, 7) is 0. The van der Waals surface area contributed by atoms with Crippen LogP contribution in [-0.2, 0) is 0 Å². The molecule has 3 aromatic rings. The molecule has 27 heavy (non-hydrogen) atoms. The van der Waals surface area contributed by atoms with Crippen molar-refractivity contribution in [3.63, 3.8) is 0 Å². The number of carbonyl (C=O) groups excluding carboxylic acids is 1. The van der Waals surface area contributed by atoms with Crippen LogP contribution in [0.4, 0.5) is 17.1 Å². The summed E-state index contributed by atoms with van der Waals surface area (Å²) >= 11 is 0. The van der Waals surface area contributed by atoms with Crippen molar-refractivity contribution in [2.45, 2.75) is 0 Å². The molecule has 3 aromatic carbocycles. The van der Waals surface area contributed by atoms with Crippen LogP contribution in [0.5, 0.6) is 0 Å². The Morgan fingerprint density at radius 2 is 1.59 bits per heavy atom. The van der Waals surface area contributed by atoms with Gasteiger partial charge in [-0.1, -0.05) is 36.4 Å². The van der Waals surface area contributed by atoms with Gasteiger partial charge < -0.3 is 0 Å². The number of rotatable bonds is 4. The maximum atomic E-state index is 12.7. The zero-order chi connectivity index (χ0) is 19.1. The minimum absolute atomic E-state index is 0.0472. The number of non-ortho nitro benzene ring substituents is 1. The molecule has 0 amide bonds. The number of nitro benzene ring substituents is 2. The van der Waals surface area contributed by atoms with E-state index in [4.69, 9.17) is 0 Å². The molecule has 0 unspecified atom stereocenters. The molecule has 0 bridgehead atoms. The first-order chi connectivity index (χ1) is 13.0. The Bertz CT molecular complexity index is 1180. The normalized spacial score (nSPS) is 13.9. The molecule has 1 aliphatic rings. The number of anilines is 1. The molecule has 0 atom stereocenters. The summed E-state index contributed by atoms with van der Waals surface area (Å²) in [5.41, 5.74) is 2.83. The Hall–Kier alpha value is -4.14. The smallest absolute Gasteiger partial charge is 0.287 e. The van der Waals surface area contributed by atoms with Crippen LogP contribution in [0, 0.1) is 20.2 Å². The fraction of sp³-hybridized carbons (Fsp3) is 0. The van der Waals surface area contributed by atoms with E-state index in [0.717, 1.165) is 22.9 Å². The molecule has 9 nitrogen and oxygen atoms in total. The lowest BCUT2D eigenvalue weighted by molar-refractivity contribution is -0.393. The maximum absolute atomic E-state index is 12.7. The molecule has 0 heterocycles. The van der Waals surface area contributed by atoms with E-state index in [1.807, 2.05) is 12.1 Å². The lowest BCUT2D eigenvalue weighted by atomic mass is 10.1. The second-order valence-electron chi connectivity index (χ2n) is 5.83. The number of ketones is 1. The minimum atomic E-state index is -0.749. The fourth-order valence-corrected chi connectivity index (χ4v) is 3.08.